The van der Waals surface area contributed by atoms with E-state index in [0.29, 0.717) is 33.6 Å². The first-order chi connectivity index (χ1) is 13.4. The van der Waals surface area contributed by atoms with Crippen LogP contribution in [0.5, 0.6) is 17.2 Å². The smallest absolute Gasteiger partial charge is 0.267 e. The van der Waals surface area contributed by atoms with Crippen molar-refractivity contribution in [3.8, 4) is 17.2 Å². The molecule has 0 aromatic heterocycles. The van der Waals surface area contributed by atoms with Crippen LogP contribution in [-0.4, -0.2) is 38.7 Å². The molecule has 2 aromatic rings. The second kappa shape index (κ2) is 8.39. The number of anilines is 2. The van der Waals surface area contributed by atoms with Gasteiger partial charge in [0.1, 0.15) is 5.75 Å². The lowest BCUT2D eigenvalue weighted by molar-refractivity contribution is -0.125. The molecule has 0 fully saturated rings. The molecule has 2 amide bonds. The van der Waals surface area contributed by atoms with Gasteiger partial charge < -0.3 is 24.4 Å². The molecular weight excluding hydrogens is 384 g/mol. The third-order valence-corrected chi connectivity index (χ3v) is 4.70. The molecule has 0 radical (unpaired) electrons. The fraction of sp³-hybridized carbons (Fsp3) is 0.300. The zero-order valence-corrected chi connectivity index (χ0v) is 16.6. The van der Waals surface area contributed by atoms with Gasteiger partial charge in [0.25, 0.3) is 5.91 Å². The first-order valence-electron chi connectivity index (χ1n) is 8.73. The summed E-state index contributed by atoms with van der Waals surface area (Å²) in [5.74, 6) is 1.08. The minimum atomic E-state index is -0.599. The maximum absolute atomic E-state index is 12.5. The standard InChI is InChI=1S/C20H21ClN2O5/c1-12-20(25)23(15-6-4-5-7-16(15)28-12)9-8-19(24)22-14-11-18(27-3)17(26-2)10-13(14)21/h4-7,10-12H,8-9H2,1-3H3,(H,22,24). The van der Waals surface area contributed by atoms with Crippen molar-refractivity contribution in [1.82, 2.24) is 0 Å². The molecule has 0 aliphatic carbocycles. The Balaban J connectivity index is 1.70. The summed E-state index contributed by atoms with van der Waals surface area (Å²) in [4.78, 5) is 26.5. The molecule has 1 unspecified atom stereocenters. The van der Waals surface area contributed by atoms with E-state index < -0.39 is 6.10 Å². The summed E-state index contributed by atoms with van der Waals surface area (Å²) in [7, 11) is 3.00. The topological polar surface area (TPSA) is 77.1 Å². The van der Waals surface area contributed by atoms with Crippen molar-refractivity contribution in [3.05, 3.63) is 41.4 Å². The molecule has 28 heavy (non-hydrogen) atoms. The van der Waals surface area contributed by atoms with Crippen LogP contribution in [0.25, 0.3) is 0 Å². The number of hydrogen-bond donors (Lipinski definition) is 1. The molecule has 0 spiro atoms. The third kappa shape index (κ3) is 3.99. The number of benzene rings is 2. The molecule has 148 valence electrons. The van der Waals surface area contributed by atoms with Crippen LogP contribution in [0.4, 0.5) is 11.4 Å². The summed E-state index contributed by atoms with van der Waals surface area (Å²) >= 11 is 6.21. The molecule has 8 heteroatoms. The summed E-state index contributed by atoms with van der Waals surface area (Å²) in [5, 5.41) is 3.08. The number of nitrogens with zero attached hydrogens (tertiary/aromatic N) is 1. The lowest BCUT2D eigenvalue weighted by Gasteiger charge is -2.32. The van der Waals surface area contributed by atoms with Crippen LogP contribution in [-0.2, 0) is 9.59 Å². The highest BCUT2D eigenvalue weighted by atomic mass is 35.5. The van der Waals surface area contributed by atoms with Crippen molar-refractivity contribution in [2.45, 2.75) is 19.4 Å². The quantitative estimate of drug-likeness (QED) is 0.797. The van der Waals surface area contributed by atoms with Gasteiger partial charge in [-0.1, -0.05) is 23.7 Å². The fourth-order valence-corrected chi connectivity index (χ4v) is 3.17. The Morgan fingerprint density at radius 3 is 2.61 bits per heavy atom. The fourth-order valence-electron chi connectivity index (χ4n) is 2.97. The van der Waals surface area contributed by atoms with Crippen LogP contribution in [0.15, 0.2) is 36.4 Å². The Morgan fingerprint density at radius 2 is 1.89 bits per heavy atom. The van der Waals surface area contributed by atoms with Gasteiger partial charge >= 0.3 is 0 Å². The van der Waals surface area contributed by atoms with Crippen LogP contribution in [0.3, 0.4) is 0 Å². The highest BCUT2D eigenvalue weighted by Gasteiger charge is 2.31. The molecule has 1 atom stereocenters. The molecule has 0 bridgehead atoms. The highest BCUT2D eigenvalue weighted by Crippen LogP contribution is 2.36. The van der Waals surface area contributed by atoms with Gasteiger partial charge in [0.05, 0.1) is 30.6 Å². The molecule has 3 rings (SSSR count). The molecule has 1 heterocycles. The van der Waals surface area contributed by atoms with Crippen molar-refractivity contribution >= 4 is 34.8 Å². The Labute approximate surface area is 168 Å². The van der Waals surface area contributed by atoms with Gasteiger partial charge in [0.15, 0.2) is 17.6 Å². The van der Waals surface area contributed by atoms with E-state index in [-0.39, 0.29) is 24.8 Å². The molecule has 1 N–H and O–H groups in total. The number of para-hydroxylation sites is 2. The summed E-state index contributed by atoms with van der Waals surface area (Å²) < 4.78 is 16.0. The SMILES string of the molecule is COc1cc(Cl)c(NC(=O)CCN2C(=O)C(C)Oc3ccccc32)cc1OC. The lowest BCUT2D eigenvalue weighted by Crippen LogP contribution is -2.45. The van der Waals surface area contributed by atoms with Crippen molar-refractivity contribution in [3.63, 3.8) is 0 Å². The number of ether oxygens (including phenoxy) is 3. The van der Waals surface area contributed by atoms with Crippen LogP contribution in [0, 0.1) is 0 Å². The second-order valence-electron chi connectivity index (χ2n) is 6.20. The predicted octanol–water partition coefficient (Wildman–Crippen LogP) is 3.50. The highest BCUT2D eigenvalue weighted by molar-refractivity contribution is 6.34. The number of fused-ring (bicyclic) bond motifs is 1. The van der Waals surface area contributed by atoms with E-state index in [9.17, 15) is 9.59 Å². The summed E-state index contributed by atoms with van der Waals surface area (Å²) in [5.41, 5.74) is 1.06. The van der Waals surface area contributed by atoms with E-state index in [1.165, 1.54) is 14.2 Å². The summed E-state index contributed by atoms with van der Waals surface area (Å²) in [6.07, 6.45) is -0.504. The van der Waals surface area contributed by atoms with Gasteiger partial charge in [0, 0.05) is 25.1 Å². The van der Waals surface area contributed by atoms with E-state index in [1.54, 1.807) is 36.1 Å². The maximum atomic E-state index is 12.5. The normalized spacial score (nSPS) is 15.5. The first kappa shape index (κ1) is 19.8. The average Bonchev–Trinajstić information content (AvgIpc) is 2.69. The molecule has 7 nitrogen and oxygen atoms in total. The third-order valence-electron chi connectivity index (χ3n) is 4.38. The lowest BCUT2D eigenvalue weighted by atomic mass is 10.1. The first-order valence-corrected chi connectivity index (χ1v) is 9.10. The summed E-state index contributed by atoms with van der Waals surface area (Å²) in [6.45, 7) is 1.91. The Kier molecular flexibility index (Phi) is 5.94. The molecular formula is C20H21ClN2O5. The minimum absolute atomic E-state index is 0.0947. The average molecular weight is 405 g/mol. The van der Waals surface area contributed by atoms with Gasteiger partial charge in [-0.2, -0.15) is 0 Å². The molecule has 0 saturated heterocycles. The van der Waals surface area contributed by atoms with Gasteiger partial charge in [-0.15, -0.1) is 0 Å². The number of rotatable bonds is 6. The summed E-state index contributed by atoms with van der Waals surface area (Å²) in [6, 6.07) is 10.4. The van der Waals surface area contributed by atoms with Gasteiger partial charge in [-0.05, 0) is 19.1 Å². The van der Waals surface area contributed by atoms with Gasteiger partial charge in [-0.3, -0.25) is 9.59 Å². The molecule has 1 aliphatic rings. The van der Waals surface area contributed by atoms with Crippen molar-refractivity contribution in [1.29, 1.82) is 0 Å². The number of hydrogen-bond acceptors (Lipinski definition) is 5. The number of methoxy groups -OCH3 is 2. The van der Waals surface area contributed by atoms with Crippen molar-refractivity contribution in [2.75, 3.05) is 31.0 Å². The Hall–Kier alpha value is -2.93. The molecule has 1 aliphatic heterocycles. The van der Waals surface area contributed by atoms with E-state index in [1.807, 2.05) is 12.1 Å². The van der Waals surface area contributed by atoms with Crippen LogP contribution < -0.4 is 24.4 Å². The monoisotopic (exact) mass is 404 g/mol. The van der Waals surface area contributed by atoms with Crippen LogP contribution >= 0.6 is 11.6 Å². The number of carbonyl (C=O) groups is 2. The van der Waals surface area contributed by atoms with Gasteiger partial charge in [-0.25, -0.2) is 0 Å². The largest absolute Gasteiger partial charge is 0.493 e. The van der Waals surface area contributed by atoms with E-state index in [0.717, 1.165) is 0 Å². The predicted molar refractivity (Wildman–Crippen MR) is 107 cm³/mol. The van der Waals surface area contributed by atoms with E-state index in [2.05, 4.69) is 5.32 Å². The Bertz CT molecular complexity index is 902. The Morgan fingerprint density at radius 1 is 1.21 bits per heavy atom. The van der Waals surface area contributed by atoms with Crippen molar-refractivity contribution < 1.29 is 23.8 Å². The number of amides is 2. The van der Waals surface area contributed by atoms with Crippen LogP contribution in [0.2, 0.25) is 5.02 Å². The zero-order chi connectivity index (χ0) is 20.3. The number of carbonyl (C=O) groups excluding carboxylic acids is 2. The number of halogens is 1. The van der Waals surface area contributed by atoms with Crippen molar-refractivity contribution in [2.24, 2.45) is 0 Å². The minimum Gasteiger partial charge on any atom is -0.493 e. The van der Waals surface area contributed by atoms with E-state index in [4.69, 9.17) is 25.8 Å². The zero-order valence-electron chi connectivity index (χ0n) is 15.8. The number of nitrogens with one attached hydrogen (secondary N) is 1. The van der Waals surface area contributed by atoms with Crippen LogP contribution in [0.1, 0.15) is 13.3 Å². The van der Waals surface area contributed by atoms with E-state index >= 15 is 0 Å². The van der Waals surface area contributed by atoms with Gasteiger partial charge in [0.2, 0.25) is 5.91 Å². The maximum Gasteiger partial charge on any atom is 0.267 e. The second-order valence-corrected chi connectivity index (χ2v) is 6.61. The molecule has 2 aromatic carbocycles. The molecule has 0 saturated carbocycles.